The summed E-state index contributed by atoms with van der Waals surface area (Å²) in [5.74, 6) is -0.818. The van der Waals surface area contributed by atoms with Crippen molar-refractivity contribution in [3.63, 3.8) is 0 Å². The van der Waals surface area contributed by atoms with Gasteiger partial charge < -0.3 is 30.5 Å². The van der Waals surface area contributed by atoms with Gasteiger partial charge in [0.2, 0.25) is 5.88 Å². The number of ether oxygens (including phenoxy) is 2. The minimum atomic E-state index is -0.703. The second-order valence-electron chi connectivity index (χ2n) is 8.87. The summed E-state index contributed by atoms with van der Waals surface area (Å²) in [6.07, 6.45) is 2.81. The summed E-state index contributed by atoms with van der Waals surface area (Å²) in [4.78, 5) is 24.3. The van der Waals surface area contributed by atoms with Crippen LogP contribution in [-0.4, -0.2) is 57.9 Å². The van der Waals surface area contributed by atoms with Gasteiger partial charge in [0.25, 0.3) is 11.8 Å². The molecule has 10 nitrogen and oxygen atoms in total. The summed E-state index contributed by atoms with van der Waals surface area (Å²) < 4.78 is 39.2. The molecule has 0 spiro atoms. The van der Waals surface area contributed by atoms with Crippen molar-refractivity contribution < 1.29 is 28.2 Å². The molecule has 3 heterocycles. The fourth-order valence-corrected chi connectivity index (χ4v) is 4.58. The number of aliphatic hydroxyl groups excluding tert-OH is 1. The average Bonchev–Trinajstić information content (AvgIpc) is 2.87. The molecule has 1 saturated carbocycles. The molecule has 1 aromatic carbocycles. The molecule has 5 rings (SSSR count). The largest absolute Gasteiger partial charge is 0.481 e. The van der Waals surface area contributed by atoms with E-state index in [1.165, 1.54) is 19.2 Å². The standard InChI is InChI=1S/C24H26F2N6O4/c1-35-21-5-3-14-16(25)7-17(26)15(22(14)32-21)10-28-18-4-2-12(6-19(18)33)27-8-13-9-29-24-23(30-13)31-20(34)11-36-24/h3,5,7,9,12,18-19,27-28,33H,2,4,6,8,10-11H2,1H3,(H,30,31,34)/t12-,18-,19+/m1/s1. The van der Waals surface area contributed by atoms with E-state index in [0.717, 1.165) is 12.5 Å². The number of aromatic nitrogens is 3. The van der Waals surface area contributed by atoms with Crippen LogP contribution in [0.25, 0.3) is 10.9 Å². The number of methoxy groups -OCH3 is 1. The first kappa shape index (κ1) is 24.2. The lowest BCUT2D eigenvalue weighted by atomic mass is 9.88. The smallest absolute Gasteiger partial charge is 0.263 e. The van der Waals surface area contributed by atoms with Crippen molar-refractivity contribution in [3.05, 3.63) is 47.3 Å². The Labute approximate surface area is 205 Å². The van der Waals surface area contributed by atoms with E-state index in [1.54, 1.807) is 6.20 Å². The van der Waals surface area contributed by atoms with Gasteiger partial charge in [-0.3, -0.25) is 4.79 Å². The number of pyridine rings is 1. The van der Waals surface area contributed by atoms with Gasteiger partial charge in [-0.05, 0) is 25.3 Å². The van der Waals surface area contributed by atoms with Gasteiger partial charge >= 0.3 is 0 Å². The van der Waals surface area contributed by atoms with Crippen molar-refractivity contribution in [2.75, 3.05) is 19.0 Å². The Morgan fingerprint density at radius 3 is 2.86 bits per heavy atom. The third kappa shape index (κ3) is 5.06. The van der Waals surface area contributed by atoms with E-state index in [0.29, 0.717) is 36.8 Å². The number of hydrogen-bond donors (Lipinski definition) is 4. The first-order chi connectivity index (χ1) is 17.4. The van der Waals surface area contributed by atoms with Crippen molar-refractivity contribution >= 4 is 22.6 Å². The monoisotopic (exact) mass is 500 g/mol. The summed E-state index contributed by atoms with van der Waals surface area (Å²) in [6, 6.07) is 3.67. The van der Waals surface area contributed by atoms with Crippen LogP contribution >= 0.6 is 0 Å². The lowest BCUT2D eigenvalue weighted by Crippen LogP contribution is -2.48. The first-order valence-corrected chi connectivity index (χ1v) is 11.7. The first-order valence-electron chi connectivity index (χ1n) is 11.7. The molecule has 36 heavy (non-hydrogen) atoms. The fraction of sp³-hybridized carbons (Fsp3) is 0.417. The van der Waals surface area contributed by atoms with E-state index >= 15 is 0 Å². The normalized spacial score (nSPS) is 21.6. The Hall–Kier alpha value is -3.48. The fourth-order valence-electron chi connectivity index (χ4n) is 4.58. The van der Waals surface area contributed by atoms with Gasteiger partial charge in [0.15, 0.2) is 12.4 Å². The van der Waals surface area contributed by atoms with Crippen LogP contribution < -0.4 is 25.4 Å². The van der Waals surface area contributed by atoms with Gasteiger partial charge in [0, 0.05) is 48.3 Å². The second-order valence-corrected chi connectivity index (χ2v) is 8.87. The number of hydrogen-bond acceptors (Lipinski definition) is 9. The second kappa shape index (κ2) is 10.2. The maximum absolute atomic E-state index is 14.6. The number of carbonyl (C=O) groups excluding carboxylic acids is 1. The third-order valence-corrected chi connectivity index (χ3v) is 6.48. The Morgan fingerprint density at radius 2 is 2.06 bits per heavy atom. The highest BCUT2D eigenvalue weighted by molar-refractivity contribution is 5.93. The molecule has 3 atom stereocenters. The molecule has 0 bridgehead atoms. The zero-order chi connectivity index (χ0) is 25.2. The number of amides is 1. The molecule has 2 aliphatic rings. The van der Waals surface area contributed by atoms with Crippen LogP contribution in [0.3, 0.4) is 0 Å². The highest BCUT2D eigenvalue weighted by Gasteiger charge is 2.29. The van der Waals surface area contributed by atoms with Crippen LogP contribution in [0.5, 0.6) is 11.8 Å². The highest BCUT2D eigenvalue weighted by atomic mass is 19.1. The summed E-state index contributed by atoms with van der Waals surface area (Å²) in [5, 5.41) is 20.1. The molecule has 190 valence electrons. The predicted octanol–water partition coefficient (Wildman–Crippen LogP) is 1.80. The van der Waals surface area contributed by atoms with Crippen molar-refractivity contribution in [2.45, 2.75) is 50.5 Å². The highest BCUT2D eigenvalue weighted by Crippen LogP contribution is 2.27. The zero-order valence-corrected chi connectivity index (χ0v) is 19.6. The molecule has 1 aliphatic heterocycles. The maximum Gasteiger partial charge on any atom is 0.263 e. The molecule has 12 heteroatoms. The number of rotatable bonds is 7. The van der Waals surface area contributed by atoms with Crippen LogP contribution in [-0.2, 0) is 17.9 Å². The van der Waals surface area contributed by atoms with Crippen molar-refractivity contribution in [1.82, 2.24) is 25.6 Å². The topological polar surface area (TPSA) is 131 Å². The van der Waals surface area contributed by atoms with Gasteiger partial charge in [-0.15, -0.1) is 0 Å². The van der Waals surface area contributed by atoms with Crippen LogP contribution in [0.2, 0.25) is 0 Å². The van der Waals surface area contributed by atoms with Crippen molar-refractivity contribution in [2.24, 2.45) is 0 Å². The van der Waals surface area contributed by atoms with E-state index in [4.69, 9.17) is 9.47 Å². The third-order valence-electron chi connectivity index (χ3n) is 6.48. The number of benzene rings is 1. The van der Waals surface area contributed by atoms with E-state index in [2.05, 4.69) is 30.9 Å². The number of aliphatic hydroxyl groups is 1. The number of nitrogens with zero attached hydrogens (tertiary/aromatic N) is 3. The summed E-state index contributed by atoms with van der Waals surface area (Å²) in [6.45, 7) is 0.413. The van der Waals surface area contributed by atoms with Gasteiger partial charge in [-0.25, -0.2) is 23.7 Å². The van der Waals surface area contributed by atoms with E-state index in [1.807, 2.05) is 0 Å². The van der Waals surface area contributed by atoms with E-state index in [-0.39, 0.29) is 53.5 Å². The molecule has 0 unspecified atom stereocenters. The average molecular weight is 501 g/mol. The molecule has 1 fully saturated rings. The maximum atomic E-state index is 14.6. The van der Waals surface area contributed by atoms with Gasteiger partial charge in [-0.1, -0.05) is 0 Å². The lowest BCUT2D eigenvalue weighted by molar-refractivity contribution is -0.118. The predicted molar refractivity (Wildman–Crippen MR) is 125 cm³/mol. The Morgan fingerprint density at radius 1 is 1.19 bits per heavy atom. The summed E-state index contributed by atoms with van der Waals surface area (Å²) >= 11 is 0. The van der Waals surface area contributed by atoms with E-state index in [9.17, 15) is 18.7 Å². The Bertz CT molecular complexity index is 1290. The van der Waals surface area contributed by atoms with E-state index < -0.39 is 17.7 Å². The van der Waals surface area contributed by atoms with Crippen molar-refractivity contribution in [1.29, 1.82) is 0 Å². The Balaban J connectivity index is 1.18. The number of halogens is 2. The number of carbonyl (C=O) groups is 1. The van der Waals surface area contributed by atoms with Crippen LogP contribution in [0.15, 0.2) is 24.4 Å². The van der Waals surface area contributed by atoms with Gasteiger partial charge in [-0.2, -0.15) is 0 Å². The van der Waals surface area contributed by atoms with Crippen molar-refractivity contribution in [3.8, 4) is 11.8 Å². The summed E-state index contributed by atoms with van der Waals surface area (Å²) in [5.41, 5.74) is 1.05. The lowest BCUT2D eigenvalue weighted by Gasteiger charge is -2.34. The minimum absolute atomic E-state index is 0.0380. The Kier molecular flexibility index (Phi) is 6.90. The molecule has 0 radical (unpaired) electrons. The quantitative estimate of drug-likeness (QED) is 0.384. The van der Waals surface area contributed by atoms with Crippen LogP contribution in [0, 0.1) is 11.6 Å². The van der Waals surface area contributed by atoms with Crippen LogP contribution in [0.1, 0.15) is 30.5 Å². The molecule has 3 aromatic rings. The molecule has 4 N–H and O–H groups in total. The summed E-state index contributed by atoms with van der Waals surface area (Å²) in [7, 11) is 1.44. The molecule has 2 aromatic heterocycles. The number of nitrogens with one attached hydrogen (secondary N) is 3. The van der Waals surface area contributed by atoms with Gasteiger partial charge in [0.05, 0.1) is 30.6 Å². The minimum Gasteiger partial charge on any atom is -0.481 e. The van der Waals surface area contributed by atoms with Gasteiger partial charge in [0.1, 0.15) is 11.6 Å². The number of fused-ring (bicyclic) bond motifs is 2. The number of anilines is 1. The zero-order valence-electron chi connectivity index (χ0n) is 19.6. The molecular weight excluding hydrogens is 474 g/mol. The van der Waals surface area contributed by atoms with Crippen LogP contribution in [0.4, 0.5) is 14.6 Å². The molecular formula is C24H26F2N6O4. The molecule has 0 saturated heterocycles. The SMILES string of the molecule is COc1ccc2c(F)cc(F)c(CN[C@@H]3CC[C@@H](NCc4cnc5c(n4)NC(=O)CO5)C[C@@H]3O)c2n1. The molecule has 1 aliphatic carbocycles. The molecule has 1 amide bonds.